The summed E-state index contributed by atoms with van der Waals surface area (Å²) in [4.78, 5) is 28.4. The number of fused-ring (bicyclic) bond motifs is 9. The maximum atomic E-state index is 13.6. The number of carbonyl (C=O) groups excluding carboxylic acids is 2. The van der Waals surface area contributed by atoms with Crippen molar-refractivity contribution in [2.75, 3.05) is 11.5 Å². The average molecular weight is 390 g/mol. The highest BCUT2D eigenvalue weighted by Crippen LogP contribution is 2.69. The minimum atomic E-state index is -0.956. The average Bonchev–Trinajstić information content (AvgIpc) is 3.38. The number of nitriles is 1. The van der Waals surface area contributed by atoms with E-state index in [0.717, 1.165) is 0 Å². The molecule has 0 aliphatic carbocycles. The van der Waals surface area contributed by atoms with E-state index in [-0.39, 0.29) is 37.0 Å². The predicted molar refractivity (Wildman–Crippen MR) is 101 cm³/mol. The van der Waals surface area contributed by atoms with Gasteiger partial charge in [0.1, 0.15) is 23.4 Å². The third-order valence-electron chi connectivity index (χ3n) is 7.16. The summed E-state index contributed by atoms with van der Waals surface area (Å²) >= 11 is 0. The summed E-state index contributed by atoms with van der Waals surface area (Å²) in [6.45, 7) is 1.69. The number of anilines is 1. The first-order valence-corrected chi connectivity index (χ1v) is 9.74. The molecule has 29 heavy (non-hydrogen) atoms. The summed E-state index contributed by atoms with van der Waals surface area (Å²) in [5.41, 5.74) is -0.844. The number of nitrogens with zero attached hydrogens (tertiary/aromatic N) is 2. The Morgan fingerprint density at radius 3 is 2.55 bits per heavy atom. The van der Waals surface area contributed by atoms with Gasteiger partial charge in [-0.15, -0.1) is 0 Å². The van der Waals surface area contributed by atoms with Crippen molar-refractivity contribution >= 4 is 28.3 Å². The molecule has 6 rings (SSSR count). The summed E-state index contributed by atoms with van der Waals surface area (Å²) in [7, 11) is 0. The van der Waals surface area contributed by atoms with Crippen LogP contribution in [0.15, 0.2) is 36.4 Å². The molecule has 4 aliphatic heterocycles. The van der Waals surface area contributed by atoms with Crippen LogP contribution in [0.5, 0.6) is 0 Å². The van der Waals surface area contributed by atoms with E-state index in [2.05, 4.69) is 6.07 Å². The Balaban J connectivity index is 1.52. The van der Waals surface area contributed by atoms with Crippen LogP contribution in [0.4, 0.5) is 5.69 Å². The van der Waals surface area contributed by atoms with E-state index < -0.39 is 23.0 Å². The van der Waals surface area contributed by atoms with Crippen molar-refractivity contribution in [1.82, 2.24) is 0 Å². The molecule has 2 aromatic carbocycles. The van der Waals surface area contributed by atoms with Gasteiger partial charge in [0.25, 0.3) is 0 Å². The van der Waals surface area contributed by atoms with Crippen LogP contribution >= 0.6 is 0 Å². The fourth-order valence-electron chi connectivity index (χ4n) is 6.00. The second-order valence-corrected chi connectivity index (χ2v) is 8.45. The largest absolute Gasteiger partial charge is 0.396 e. The number of carbonyl (C=O) groups is 2. The quantitative estimate of drug-likeness (QED) is 0.629. The number of epoxide rings is 1. The highest BCUT2D eigenvalue weighted by atomic mass is 16.7. The summed E-state index contributed by atoms with van der Waals surface area (Å²) in [5.74, 6) is -1.93. The van der Waals surface area contributed by atoms with Crippen LogP contribution < -0.4 is 4.90 Å². The number of imide groups is 1. The second kappa shape index (κ2) is 5.22. The Morgan fingerprint density at radius 1 is 1.10 bits per heavy atom. The zero-order chi connectivity index (χ0) is 20.1. The Hall–Kier alpha value is -2.79. The zero-order valence-corrected chi connectivity index (χ0v) is 15.7. The van der Waals surface area contributed by atoms with Crippen LogP contribution in [0.25, 0.3) is 10.8 Å². The Kier molecular flexibility index (Phi) is 3.08. The van der Waals surface area contributed by atoms with Crippen molar-refractivity contribution in [3.63, 3.8) is 0 Å². The van der Waals surface area contributed by atoms with E-state index in [0.29, 0.717) is 22.0 Å². The lowest BCUT2D eigenvalue weighted by atomic mass is 9.67. The van der Waals surface area contributed by atoms with Gasteiger partial charge in [-0.3, -0.25) is 9.59 Å². The zero-order valence-electron chi connectivity index (χ0n) is 15.7. The second-order valence-electron chi connectivity index (χ2n) is 8.45. The Labute approximate surface area is 166 Å². The highest BCUT2D eigenvalue weighted by molar-refractivity contribution is 6.26. The van der Waals surface area contributed by atoms with Gasteiger partial charge in [0.2, 0.25) is 11.8 Å². The molecule has 4 fully saturated rings. The molecule has 4 saturated heterocycles. The van der Waals surface area contributed by atoms with Gasteiger partial charge >= 0.3 is 0 Å². The Bertz CT molecular complexity index is 1160. The van der Waals surface area contributed by atoms with Crippen molar-refractivity contribution in [3.8, 4) is 6.07 Å². The number of amides is 2. The van der Waals surface area contributed by atoms with E-state index in [1.165, 1.54) is 4.90 Å². The third-order valence-corrected chi connectivity index (χ3v) is 7.16. The molecular weight excluding hydrogens is 372 g/mol. The molecule has 2 aromatic rings. The van der Waals surface area contributed by atoms with Crippen LogP contribution in [0, 0.1) is 23.2 Å². The lowest BCUT2D eigenvalue weighted by Crippen LogP contribution is -2.47. The molecule has 6 atom stereocenters. The molecule has 4 aliphatic rings. The molecule has 146 valence electrons. The first-order valence-electron chi connectivity index (χ1n) is 9.74. The molecule has 2 amide bonds. The first-order chi connectivity index (χ1) is 14.0. The number of aliphatic hydroxyl groups excluding tert-OH is 1. The standard InChI is InChI=1S/C22H18N2O5/c1-21-15-16(22(29-21,8-9-25)18-17(21)28-18)20(27)24(19(15)26)14-7-6-11(10-23)12-4-2-3-5-13(12)14/h2-7,15-18,25H,8-9H2,1H3. The van der Waals surface area contributed by atoms with E-state index in [1.54, 1.807) is 12.1 Å². The smallest absolute Gasteiger partial charge is 0.240 e. The summed E-state index contributed by atoms with van der Waals surface area (Å²) in [5, 5.41) is 20.4. The fourth-order valence-corrected chi connectivity index (χ4v) is 6.00. The molecule has 0 spiro atoms. The van der Waals surface area contributed by atoms with Crippen LogP contribution in [0.3, 0.4) is 0 Å². The van der Waals surface area contributed by atoms with Gasteiger partial charge in [-0.25, -0.2) is 4.90 Å². The number of aliphatic hydroxyl groups is 1. The minimum Gasteiger partial charge on any atom is -0.396 e. The molecule has 1 N–H and O–H groups in total. The van der Waals surface area contributed by atoms with Gasteiger partial charge in [0.05, 0.1) is 29.2 Å². The van der Waals surface area contributed by atoms with Crippen LogP contribution in [0.1, 0.15) is 18.9 Å². The van der Waals surface area contributed by atoms with Crippen LogP contribution in [-0.2, 0) is 19.1 Å². The van der Waals surface area contributed by atoms with E-state index in [4.69, 9.17) is 9.47 Å². The first kappa shape index (κ1) is 17.1. The van der Waals surface area contributed by atoms with E-state index >= 15 is 0 Å². The highest BCUT2D eigenvalue weighted by Gasteiger charge is 2.86. The minimum absolute atomic E-state index is 0.146. The molecule has 0 saturated carbocycles. The van der Waals surface area contributed by atoms with E-state index in [1.807, 2.05) is 31.2 Å². The summed E-state index contributed by atoms with van der Waals surface area (Å²) in [6, 6.07) is 12.7. The molecule has 7 heteroatoms. The fraction of sp³-hybridized carbons (Fsp3) is 0.409. The monoisotopic (exact) mass is 390 g/mol. The van der Waals surface area contributed by atoms with Gasteiger partial charge in [-0.1, -0.05) is 24.3 Å². The molecule has 4 heterocycles. The van der Waals surface area contributed by atoms with E-state index in [9.17, 15) is 20.0 Å². The summed E-state index contributed by atoms with van der Waals surface area (Å²) < 4.78 is 12.0. The summed E-state index contributed by atoms with van der Waals surface area (Å²) in [6.07, 6.45) is -0.216. The topological polar surface area (TPSA) is 103 Å². The number of benzene rings is 2. The lowest BCUT2D eigenvalue weighted by molar-refractivity contribution is -0.146. The predicted octanol–water partition coefficient (Wildman–Crippen LogP) is 1.51. The van der Waals surface area contributed by atoms with Gasteiger partial charge in [-0.2, -0.15) is 5.26 Å². The van der Waals surface area contributed by atoms with Crippen LogP contribution in [-0.4, -0.2) is 46.9 Å². The van der Waals surface area contributed by atoms with Gasteiger partial charge < -0.3 is 14.6 Å². The SMILES string of the molecule is CC12OC(CCO)(C3OC31)C1C(=O)N(c3ccc(C#N)c4ccccc34)C(=O)C12. The molecule has 2 bridgehead atoms. The van der Waals surface area contributed by atoms with Gasteiger partial charge in [-0.05, 0) is 19.1 Å². The molecule has 7 nitrogen and oxygen atoms in total. The number of rotatable bonds is 3. The van der Waals surface area contributed by atoms with Crippen molar-refractivity contribution < 1.29 is 24.2 Å². The van der Waals surface area contributed by atoms with Crippen molar-refractivity contribution in [2.45, 2.75) is 36.8 Å². The normalized spacial score (nSPS) is 39.0. The van der Waals surface area contributed by atoms with Gasteiger partial charge in [0, 0.05) is 23.8 Å². The Morgan fingerprint density at radius 2 is 1.83 bits per heavy atom. The molecule has 0 aromatic heterocycles. The maximum absolute atomic E-state index is 13.6. The van der Waals surface area contributed by atoms with Crippen molar-refractivity contribution in [3.05, 3.63) is 42.0 Å². The molecular formula is C22H18N2O5. The maximum Gasteiger partial charge on any atom is 0.240 e. The van der Waals surface area contributed by atoms with Crippen LogP contribution in [0.2, 0.25) is 0 Å². The lowest BCUT2D eigenvalue weighted by Gasteiger charge is -2.30. The molecule has 6 unspecified atom stereocenters. The van der Waals surface area contributed by atoms with Crippen molar-refractivity contribution in [2.24, 2.45) is 11.8 Å². The number of hydrogen-bond acceptors (Lipinski definition) is 6. The van der Waals surface area contributed by atoms with Gasteiger partial charge in [0.15, 0.2) is 0 Å². The van der Waals surface area contributed by atoms with Crippen molar-refractivity contribution in [1.29, 1.82) is 5.26 Å². The number of hydrogen-bond donors (Lipinski definition) is 1. The third kappa shape index (κ3) is 1.79. The number of ether oxygens (including phenoxy) is 2. The molecule has 0 radical (unpaired) electrons.